The van der Waals surface area contributed by atoms with Crippen LogP contribution in [-0.4, -0.2) is 48.5 Å². The molecule has 0 radical (unpaired) electrons. The summed E-state index contributed by atoms with van der Waals surface area (Å²) < 4.78 is 0. The maximum absolute atomic E-state index is 12.8. The average Bonchev–Trinajstić information content (AvgIpc) is 3.08. The lowest BCUT2D eigenvalue weighted by atomic mass is 9.96. The molecule has 5 nitrogen and oxygen atoms in total. The van der Waals surface area contributed by atoms with Gasteiger partial charge in [0.25, 0.3) is 5.91 Å². The summed E-state index contributed by atoms with van der Waals surface area (Å²) in [5.74, 6) is 1.56. The van der Waals surface area contributed by atoms with Crippen LogP contribution in [0, 0.1) is 5.92 Å². The van der Waals surface area contributed by atoms with Crippen LogP contribution in [-0.2, 0) is 0 Å². The van der Waals surface area contributed by atoms with E-state index in [2.05, 4.69) is 9.88 Å². The molecule has 1 amide bonds. The number of carbonyl (C=O) groups excluding carboxylic acids is 1. The Kier molecular flexibility index (Phi) is 4.39. The summed E-state index contributed by atoms with van der Waals surface area (Å²) >= 11 is 0. The number of rotatable bonds is 3. The SMILES string of the molecule is NCC1CCN(C(=O)c2cccnc2N2CCCC2)CC1. The van der Waals surface area contributed by atoms with E-state index in [1.54, 1.807) is 6.20 Å². The van der Waals surface area contributed by atoms with Crippen LogP contribution in [0.15, 0.2) is 18.3 Å². The van der Waals surface area contributed by atoms with Crippen LogP contribution in [0.5, 0.6) is 0 Å². The van der Waals surface area contributed by atoms with E-state index in [4.69, 9.17) is 5.73 Å². The van der Waals surface area contributed by atoms with Crippen LogP contribution >= 0.6 is 0 Å². The lowest BCUT2D eigenvalue weighted by Crippen LogP contribution is -2.40. The zero-order chi connectivity index (χ0) is 14.7. The maximum atomic E-state index is 12.8. The van der Waals surface area contributed by atoms with E-state index >= 15 is 0 Å². The van der Waals surface area contributed by atoms with Crippen LogP contribution in [0.4, 0.5) is 5.82 Å². The van der Waals surface area contributed by atoms with E-state index in [1.165, 1.54) is 12.8 Å². The van der Waals surface area contributed by atoms with Crippen molar-refractivity contribution < 1.29 is 4.79 Å². The molecular weight excluding hydrogens is 264 g/mol. The van der Waals surface area contributed by atoms with Crippen molar-refractivity contribution in [1.82, 2.24) is 9.88 Å². The minimum Gasteiger partial charge on any atom is -0.356 e. The number of aromatic nitrogens is 1. The minimum atomic E-state index is 0.125. The quantitative estimate of drug-likeness (QED) is 0.915. The van der Waals surface area contributed by atoms with Crippen molar-refractivity contribution in [2.24, 2.45) is 11.7 Å². The fourth-order valence-electron chi connectivity index (χ4n) is 3.29. The predicted molar refractivity (Wildman–Crippen MR) is 83.4 cm³/mol. The molecule has 3 rings (SSSR count). The van der Waals surface area contributed by atoms with E-state index < -0.39 is 0 Å². The molecule has 5 heteroatoms. The Bertz CT molecular complexity index is 491. The average molecular weight is 288 g/mol. The third-order valence-electron chi connectivity index (χ3n) is 4.66. The fraction of sp³-hybridized carbons (Fsp3) is 0.625. The van der Waals surface area contributed by atoms with Crippen molar-refractivity contribution in [2.45, 2.75) is 25.7 Å². The first-order valence-electron chi connectivity index (χ1n) is 7.99. The largest absolute Gasteiger partial charge is 0.356 e. The van der Waals surface area contributed by atoms with Gasteiger partial charge in [-0.25, -0.2) is 4.98 Å². The van der Waals surface area contributed by atoms with Gasteiger partial charge in [0, 0.05) is 32.4 Å². The summed E-state index contributed by atoms with van der Waals surface area (Å²) in [6.07, 6.45) is 6.19. The first kappa shape index (κ1) is 14.3. The number of pyridine rings is 1. The van der Waals surface area contributed by atoms with Crippen molar-refractivity contribution in [3.63, 3.8) is 0 Å². The Morgan fingerprint density at radius 3 is 2.62 bits per heavy atom. The fourth-order valence-corrected chi connectivity index (χ4v) is 3.29. The van der Waals surface area contributed by atoms with Gasteiger partial charge < -0.3 is 15.5 Å². The summed E-state index contributed by atoms with van der Waals surface area (Å²) in [6, 6.07) is 3.78. The zero-order valence-corrected chi connectivity index (χ0v) is 12.5. The molecule has 0 spiro atoms. The molecule has 0 bridgehead atoms. The lowest BCUT2D eigenvalue weighted by Gasteiger charge is -2.32. The molecule has 1 aromatic heterocycles. The van der Waals surface area contributed by atoms with Crippen molar-refractivity contribution in [3.05, 3.63) is 23.9 Å². The second-order valence-corrected chi connectivity index (χ2v) is 6.04. The lowest BCUT2D eigenvalue weighted by molar-refractivity contribution is 0.0693. The Morgan fingerprint density at radius 2 is 1.95 bits per heavy atom. The molecule has 2 aliphatic heterocycles. The van der Waals surface area contributed by atoms with E-state index in [9.17, 15) is 4.79 Å². The van der Waals surface area contributed by atoms with Gasteiger partial charge in [-0.3, -0.25) is 4.79 Å². The topological polar surface area (TPSA) is 62.5 Å². The first-order chi connectivity index (χ1) is 10.3. The molecule has 2 saturated heterocycles. The van der Waals surface area contributed by atoms with E-state index in [0.29, 0.717) is 5.92 Å². The van der Waals surface area contributed by atoms with Gasteiger partial charge in [-0.05, 0) is 50.3 Å². The van der Waals surface area contributed by atoms with Gasteiger partial charge in [0.15, 0.2) is 0 Å². The molecule has 114 valence electrons. The van der Waals surface area contributed by atoms with Gasteiger partial charge in [-0.1, -0.05) is 0 Å². The number of carbonyl (C=O) groups is 1. The van der Waals surface area contributed by atoms with Crippen LogP contribution in [0.25, 0.3) is 0 Å². The number of hydrogen-bond donors (Lipinski definition) is 1. The second kappa shape index (κ2) is 6.43. The Balaban J connectivity index is 1.75. The molecule has 0 atom stereocenters. The van der Waals surface area contributed by atoms with Gasteiger partial charge in [-0.15, -0.1) is 0 Å². The molecule has 21 heavy (non-hydrogen) atoms. The highest BCUT2D eigenvalue weighted by Gasteiger charge is 2.27. The Morgan fingerprint density at radius 1 is 1.24 bits per heavy atom. The van der Waals surface area contributed by atoms with Crippen molar-refractivity contribution in [1.29, 1.82) is 0 Å². The second-order valence-electron chi connectivity index (χ2n) is 6.04. The van der Waals surface area contributed by atoms with Crippen LogP contribution in [0.2, 0.25) is 0 Å². The number of anilines is 1. The standard InChI is InChI=1S/C16H24N4O/c17-12-13-5-10-20(11-6-13)16(21)14-4-3-7-18-15(14)19-8-1-2-9-19/h3-4,7,13H,1-2,5-6,8-12,17H2. The molecule has 0 unspecified atom stereocenters. The number of nitrogens with zero attached hydrogens (tertiary/aromatic N) is 3. The van der Waals surface area contributed by atoms with Gasteiger partial charge in [0.05, 0.1) is 5.56 Å². The van der Waals surface area contributed by atoms with Gasteiger partial charge in [-0.2, -0.15) is 0 Å². The van der Waals surface area contributed by atoms with Crippen LogP contribution < -0.4 is 10.6 Å². The predicted octanol–water partition coefficient (Wildman–Crippen LogP) is 1.49. The highest BCUT2D eigenvalue weighted by atomic mass is 16.2. The maximum Gasteiger partial charge on any atom is 0.257 e. The van der Waals surface area contributed by atoms with E-state index in [0.717, 1.165) is 56.9 Å². The van der Waals surface area contributed by atoms with Crippen molar-refractivity contribution in [2.75, 3.05) is 37.6 Å². The molecule has 3 heterocycles. The summed E-state index contributed by atoms with van der Waals surface area (Å²) in [5, 5.41) is 0. The molecule has 2 fully saturated rings. The Labute approximate surface area is 126 Å². The number of likely N-dealkylation sites (tertiary alicyclic amines) is 1. The molecule has 2 aliphatic rings. The highest BCUT2D eigenvalue weighted by molar-refractivity contribution is 5.99. The van der Waals surface area contributed by atoms with E-state index in [-0.39, 0.29) is 5.91 Å². The third kappa shape index (κ3) is 3.02. The minimum absolute atomic E-state index is 0.125. The molecule has 0 saturated carbocycles. The van der Waals surface area contributed by atoms with Gasteiger partial charge in [0.2, 0.25) is 0 Å². The molecule has 1 aromatic rings. The molecule has 2 N–H and O–H groups in total. The monoisotopic (exact) mass is 288 g/mol. The number of piperidine rings is 1. The summed E-state index contributed by atoms with van der Waals surface area (Å²) in [7, 11) is 0. The molecule has 0 aliphatic carbocycles. The summed E-state index contributed by atoms with van der Waals surface area (Å²) in [6.45, 7) is 4.37. The number of amides is 1. The first-order valence-corrected chi connectivity index (χ1v) is 7.99. The number of nitrogens with two attached hydrogens (primary N) is 1. The Hall–Kier alpha value is -1.62. The van der Waals surface area contributed by atoms with Crippen molar-refractivity contribution in [3.8, 4) is 0 Å². The van der Waals surface area contributed by atoms with Gasteiger partial charge >= 0.3 is 0 Å². The van der Waals surface area contributed by atoms with Crippen molar-refractivity contribution >= 4 is 11.7 Å². The smallest absolute Gasteiger partial charge is 0.257 e. The molecule has 0 aromatic carbocycles. The van der Waals surface area contributed by atoms with Crippen LogP contribution in [0.1, 0.15) is 36.0 Å². The number of hydrogen-bond acceptors (Lipinski definition) is 4. The third-order valence-corrected chi connectivity index (χ3v) is 4.66. The summed E-state index contributed by atoms with van der Waals surface area (Å²) in [4.78, 5) is 21.5. The molecular formula is C16H24N4O. The van der Waals surface area contributed by atoms with Gasteiger partial charge in [0.1, 0.15) is 5.82 Å². The highest BCUT2D eigenvalue weighted by Crippen LogP contribution is 2.25. The summed E-state index contributed by atoms with van der Waals surface area (Å²) in [5.41, 5.74) is 6.48. The normalized spacial score (nSPS) is 20.0. The van der Waals surface area contributed by atoms with E-state index in [1.807, 2.05) is 17.0 Å². The zero-order valence-electron chi connectivity index (χ0n) is 12.5. The van der Waals surface area contributed by atoms with Crippen LogP contribution in [0.3, 0.4) is 0 Å².